The van der Waals surface area contributed by atoms with Gasteiger partial charge in [-0.1, -0.05) is 0 Å². The molecule has 5 rings (SSSR count). The number of ether oxygens (including phenoxy) is 1. The Labute approximate surface area is 174 Å². The fourth-order valence-corrected chi connectivity index (χ4v) is 5.50. The number of nitrogens with zero attached hydrogens (tertiary/aromatic N) is 2. The molecule has 0 radical (unpaired) electrons. The normalized spacial score (nSPS) is 32.5. The number of methoxy groups -OCH3 is 1. The minimum absolute atomic E-state index is 0.603. The number of fused-ring (bicyclic) bond motifs is 3. The van der Waals surface area contributed by atoms with Gasteiger partial charge in [-0.15, -0.1) is 0 Å². The van der Waals surface area contributed by atoms with Gasteiger partial charge in [0, 0.05) is 38.8 Å². The zero-order chi connectivity index (χ0) is 19.3. The molecule has 0 amide bonds. The van der Waals surface area contributed by atoms with Crippen molar-refractivity contribution in [1.29, 1.82) is 0 Å². The van der Waals surface area contributed by atoms with Crippen LogP contribution in [0.25, 0.3) is 0 Å². The molecule has 0 aromatic carbocycles. The maximum absolute atomic E-state index is 5.44. The molecule has 0 saturated carbocycles. The molecule has 156 valence electrons. The summed E-state index contributed by atoms with van der Waals surface area (Å²) >= 11 is 5.44. The molecule has 7 heteroatoms. The molecule has 2 bridgehead atoms. The van der Waals surface area contributed by atoms with Crippen LogP contribution >= 0.6 is 12.2 Å². The molecule has 0 spiro atoms. The lowest BCUT2D eigenvalue weighted by Gasteiger charge is -2.51. The van der Waals surface area contributed by atoms with Gasteiger partial charge in [-0.25, -0.2) is 0 Å². The molecule has 1 aromatic rings. The van der Waals surface area contributed by atoms with Gasteiger partial charge in [0.25, 0.3) is 0 Å². The highest BCUT2D eigenvalue weighted by Gasteiger charge is 2.41. The quantitative estimate of drug-likeness (QED) is 0.641. The zero-order valence-electron chi connectivity index (χ0n) is 16.9. The Morgan fingerprint density at radius 1 is 1.29 bits per heavy atom. The second kappa shape index (κ2) is 9.57. The van der Waals surface area contributed by atoms with Crippen LogP contribution in [0.3, 0.4) is 0 Å². The molecule has 1 unspecified atom stereocenters. The van der Waals surface area contributed by atoms with Gasteiger partial charge < -0.3 is 19.8 Å². The van der Waals surface area contributed by atoms with E-state index < -0.39 is 0 Å². The van der Waals surface area contributed by atoms with Crippen molar-refractivity contribution in [1.82, 2.24) is 20.4 Å². The molecule has 1 aromatic heterocycles. The van der Waals surface area contributed by atoms with E-state index in [1.54, 1.807) is 6.26 Å². The summed E-state index contributed by atoms with van der Waals surface area (Å²) in [6.45, 7) is 7.42. The van der Waals surface area contributed by atoms with Crippen molar-refractivity contribution in [2.45, 2.75) is 44.3 Å². The molecule has 5 atom stereocenters. The molecule has 5 heterocycles. The van der Waals surface area contributed by atoms with Gasteiger partial charge in [0.05, 0.1) is 19.4 Å². The molecule has 4 fully saturated rings. The summed E-state index contributed by atoms with van der Waals surface area (Å²) in [5, 5.41) is 7.37. The highest BCUT2D eigenvalue weighted by Crippen LogP contribution is 2.37. The number of hydrogen-bond donors (Lipinski definition) is 2. The van der Waals surface area contributed by atoms with Crippen LogP contribution in [0.5, 0.6) is 0 Å². The van der Waals surface area contributed by atoms with E-state index in [4.69, 9.17) is 21.4 Å². The average molecular weight is 407 g/mol. The predicted molar refractivity (Wildman–Crippen MR) is 114 cm³/mol. The van der Waals surface area contributed by atoms with Crippen molar-refractivity contribution in [3.05, 3.63) is 24.2 Å². The third-order valence-electron chi connectivity index (χ3n) is 6.84. The third-order valence-corrected chi connectivity index (χ3v) is 7.13. The first-order chi connectivity index (χ1) is 13.7. The van der Waals surface area contributed by atoms with Gasteiger partial charge in [0.2, 0.25) is 0 Å². The Morgan fingerprint density at radius 2 is 2.21 bits per heavy atom. The van der Waals surface area contributed by atoms with Gasteiger partial charge in [0.1, 0.15) is 5.76 Å². The van der Waals surface area contributed by atoms with Gasteiger partial charge >= 0.3 is 0 Å². The topological polar surface area (TPSA) is 52.9 Å². The van der Waals surface area contributed by atoms with Crippen molar-refractivity contribution in [2.75, 3.05) is 46.4 Å². The van der Waals surface area contributed by atoms with Crippen LogP contribution in [0.2, 0.25) is 0 Å². The van der Waals surface area contributed by atoms with Crippen LogP contribution < -0.4 is 10.6 Å². The number of nitrogens with one attached hydrogen (secondary N) is 2. The van der Waals surface area contributed by atoms with Crippen molar-refractivity contribution in [2.24, 2.45) is 11.8 Å². The summed E-state index contributed by atoms with van der Waals surface area (Å²) in [6, 6.07) is 5.09. The maximum Gasteiger partial charge on any atom is 0.166 e. The first-order valence-corrected chi connectivity index (χ1v) is 11.1. The van der Waals surface area contributed by atoms with Gasteiger partial charge in [0.15, 0.2) is 5.11 Å². The van der Waals surface area contributed by atoms with Crippen molar-refractivity contribution < 1.29 is 9.15 Å². The highest BCUT2D eigenvalue weighted by atomic mass is 32.1. The van der Waals surface area contributed by atoms with Crippen LogP contribution in [0.4, 0.5) is 0 Å². The number of piperidine rings is 3. The van der Waals surface area contributed by atoms with Crippen LogP contribution in [0, 0.1) is 11.8 Å². The summed E-state index contributed by atoms with van der Waals surface area (Å²) in [6.07, 6.45) is 6.95. The number of likely N-dealkylation sites (tertiary alicyclic amines) is 1. The van der Waals surface area contributed by atoms with Crippen molar-refractivity contribution >= 4 is 17.3 Å². The fraction of sp³-hybridized carbons (Fsp3) is 0.762. The molecule has 4 saturated heterocycles. The molecule has 28 heavy (non-hydrogen) atoms. The molecule has 6 nitrogen and oxygen atoms in total. The van der Waals surface area contributed by atoms with E-state index in [1.165, 1.54) is 51.9 Å². The Morgan fingerprint density at radius 3 is 2.96 bits per heavy atom. The Bertz CT molecular complexity index is 626. The van der Waals surface area contributed by atoms with E-state index >= 15 is 0 Å². The van der Waals surface area contributed by atoms with E-state index in [0.29, 0.717) is 18.6 Å². The third kappa shape index (κ3) is 4.87. The summed E-state index contributed by atoms with van der Waals surface area (Å²) in [5.74, 6) is 2.57. The number of furan rings is 1. The van der Waals surface area contributed by atoms with Crippen LogP contribution in [0.1, 0.15) is 31.4 Å². The monoisotopic (exact) mass is 406 g/mol. The lowest BCUT2D eigenvalue weighted by atomic mass is 9.75. The van der Waals surface area contributed by atoms with E-state index in [-0.39, 0.29) is 0 Å². The lowest BCUT2D eigenvalue weighted by molar-refractivity contribution is -0.0158. The van der Waals surface area contributed by atoms with Gasteiger partial charge in [-0.2, -0.15) is 0 Å². The standard InChI is InChI=1S/C21H34N4O2S/c1-26-15-18-4-2-7-24(18)13-17-14-25-8-6-16(17)10-19(25)11-22-21(28)23-12-20-5-3-9-27-20/h3,5,9,16-19H,2,4,6-8,10-15H2,1H3,(H2,22,23,28)/t16-,17+,18-,19+/m0/s1. The van der Waals surface area contributed by atoms with Gasteiger partial charge in [-0.05, 0) is 75.0 Å². The van der Waals surface area contributed by atoms with Crippen molar-refractivity contribution in [3.8, 4) is 0 Å². The highest BCUT2D eigenvalue weighted by molar-refractivity contribution is 7.80. The molecule has 2 N–H and O–H groups in total. The van der Waals surface area contributed by atoms with Crippen LogP contribution in [0.15, 0.2) is 22.8 Å². The second-order valence-electron chi connectivity index (χ2n) is 8.58. The second-order valence-corrected chi connectivity index (χ2v) is 8.99. The minimum atomic E-state index is 0.603. The van der Waals surface area contributed by atoms with E-state index in [1.807, 2.05) is 19.2 Å². The Kier molecular flexibility index (Phi) is 6.88. The smallest absolute Gasteiger partial charge is 0.166 e. The number of thiocarbonyl (C=S) groups is 1. The molecule has 0 aliphatic carbocycles. The zero-order valence-corrected chi connectivity index (χ0v) is 17.8. The Balaban J connectivity index is 1.21. The molecule has 4 aliphatic rings. The summed E-state index contributed by atoms with van der Waals surface area (Å²) in [7, 11) is 1.83. The van der Waals surface area contributed by atoms with E-state index in [9.17, 15) is 0 Å². The molecular formula is C21H34N4O2S. The van der Waals surface area contributed by atoms with E-state index in [2.05, 4.69) is 20.4 Å². The number of hydrogen-bond acceptors (Lipinski definition) is 5. The molecular weight excluding hydrogens is 372 g/mol. The summed E-state index contributed by atoms with van der Waals surface area (Å²) < 4.78 is 10.8. The van der Waals surface area contributed by atoms with Crippen molar-refractivity contribution in [3.63, 3.8) is 0 Å². The first-order valence-electron chi connectivity index (χ1n) is 10.7. The SMILES string of the molecule is COC[C@@H]1CCCN1C[C@@H]1CN2CC[C@H]1C[C@@H]2CNC(=S)NCc1ccco1. The summed E-state index contributed by atoms with van der Waals surface area (Å²) in [4.78, 5) is 5.38. The predicted octanol–water partition coefficient (Wildman–Crippen LogP) is 2.06. The van der Waals surface area contributed by atoms with Crippen LogP contribution in [-0.4, -0.2) is 73.4 Å². The van der Waals surface area contributed by atoms with Crippen LogP contribution in [-0.2, 0) is 11.3 Å². The van der Waals surface area contributed by atoms with Gasteiger partial charge in [-0.3, -0.25) is 9.80 Å². The first kappa shape index (κ1) is 20.1. The number of rotatable bonds is 8. The molecule has 4 aliphatic heterocycles. The largest absolute Gasteiger partial charge is 0.467 e. The average Bonchev–Trinajstić information content (AvgIpc) is 3.38. The van der Waals surface area contributed by atoms with E-state index in [0.717, 1.165) is 35.9 Å². The minimum Gasteiger partial charge on any atom is -0.467 e. The maximum atomic E-state index is 5.44. The lowest BCUT2D eigenvalue weighted by Crippen LogP contribution is -2.59. The fourth-order valence-electron chi connectivity index (χ4n) is 5.34. The summed E-state index contributed by atoms with van der Waals surface area (Å²) in [5.41, 5.74) is 0. The Hall–Kier alpha value is -1.15.